The number of benzene rings is 2. The van der Waals surface area contributed by atoms with Crippen molar-refractivity contribution in [2.24, 2.45) is 5.84 Å². The van der Waals surface area contributed by atoms with Gasteiger partial charge in [-0.25, -0.2) is 4.39 Å². The molecule has 2 nitrogen and oxygen atoms in total. The summed E-state index contributed by atoms with van der Waals surface area (Å²) in [4.78, 5) is 0. The van der Waals surface area contributed by atoms with E-state index in [0.29, 0.717) is 6.42 Å². The molecule has 0 radical (unpaired) electrons. The number of nitrogens with one attached hydrogen (secondary N) is 1. The monoisotopic (exact) mass is 336 g/mol. The van der Waals surface area contributed by atoms with E-state index in [-0.39, 0.29) is 11.9 Å². The molecule has 0 saturated carbocycles. The largest absolute Gasteiger partial charge is 0.271 e. The van der Waals surface area contributed by atoms with Gasteiger partial charge in [-0.15, -0.1) is 0 Å². The third-order valence-corrected chi connectivity index (χ3v) is 4.21. The second-order valence-electron chi connectivity index (χ2n) is 4.93. The molecule has 0 saturated heterocycles. The van der Waals surface area contributed by atoms with Crippen molar-refractivity contribution >= 4 is 15.9 Å². The number of halogens is 2. The molecule has 20 heavy (non-hydrogen) atoms. The Kier molecular flexibility index (Phi) is 5.29. The SMILES string of the molecule is Cc1ccc(F)cc1CC(Cc1ccccc1Br)NN. The fourth-order valence-corrected chi connectivity index (χ4v) is 2.69. The van der Waals surface area contributed by atoms with Crippen LogP contribution in [0.2, 0.25) is 0 Å². The smallest absolute Gasteiger partial charge is 0.123 e. The molecular formula is C16H18BrFN2. The van der Waals surface area contributed by atoms with Crippen LogP contribution in [0.1, 0.15) is 16.7 Å². The lowest BCUT2D eigenvalue weighted by atomic mass is 9.96. The van der Waals surface area contributed by atoms with E-state index in [1.54, 1.807) is 12.1 Å². The van der Waals surface area contributed by atoms with Crippen LogP contribution < -0.4 is 11.3 Å². The Hall–Kier alpha value is -1.23. The third-order valence-electron chi connectivity index (χ3n) is 3.44. The maximum atomic E-state index is 13.3. The molecule has 2 aromatic rings. The van der Waals surface area contributed by atoms with E-state index in [2.05, 4.69) is 27.4 Å². The van der Waals surface area contributed by atoms with Crippen molar-refractivity contribution in [3.8, 4) is 0 Å². The summed E-state index contributed by atoms with van der Waals surface area (Å²) in [5.41, 5.74) is 6.08. The normalized spacial score (nSPS) is 12.4. The Morgan fingerprint density at radius 2 is 1.85 bits per heavy atom. The van der Waals surface area contributed by atoms with Crippen LogP contribution in [0.25, 0.3) is 0 Å². The highest BCUT2D eigenvalue weighted by molar-refractivity contribution is 9.10. The third kappa shape index (κ3) is 3.88. The van der Waals surface area contributed by atoms with Gasteiger partial charge in [-0.2, -0.15) is 0 Å². The molecule has 2 aromatic carbocycles. The first-order chi connectivity index (χ1) is 9.60. The van der Waals surface area contributed by atoms with Gasteiger partial charge >= 0.3 is 0 Å². The fourth-order valence-electron chi connectivity index (χ4n) is 2.24. The van der Waals surface area contributed by atoms with E-state index in [1.165, 1.54) is 11.6 Å². The minimum atomic E-state index is -0.206. The Bertz CT molecular complexity index is 586. The molecule has 1 unspecified atom stereocenters. The van der Waals surface area contributed by atoms with Crippen molar-refractivity contribution in [1.29, 1.82) is 0 Å². The van der Waals surface area contributed by atoms with Gasteiger partial charge in [0.15, 0.2) is 0 Å². The first-order valence-corrected chi connectivity index (χ1v) is 7.34. The predicted octanol–water partition coefficient (Wildman–Crippen LogP) is 3.51. The second kappa shape index (κ2) is 6.97. The molecule has 0 fully saturated rings. The molecule has 0 bridgehead atoms. The number of hydrogen-bond acceptors (Lipinski definition) is 2. The zero-order chi connectivity index (χ0) is 14.5. The average Bonchev–Trinajstić information content (AvgIpc) is 2.44. The van der Waals surface area contributed by atoms with E-state index >= 15 is 0 Å². The molecule has 0 heterocycles. The number of aryl methyl sites for hydroxylation is 1. The zero-order valence-electron chi connectivity index (χ0n) is 11.4. The summed E-state index contributed by atoms with van der Waals surface area (Å²) in [5.74, 6) is 5.44. The van der Waals surface area contributed by atoms with Gasteiger partial charge in [0.2, 0.25) is 0 Å². The summed E-state index contributed by atoms with van der Waals surface area (Å²) >= 11 is 3.54. The van der Waals surface area contributed by atoms with Gasteiger partial charge in [-0.3, -0.25) is 11.3 Å². The maximum Gasteiger partial charge on any atom is 0.123 e. The van der Waals surface area contributed by atoms with Crippen molar-refractivity contribution < 1.29 is 4.39 Å². The topological polar surface area (TPSA) is 38.0 Å². The van der Waals surface area contributed by atoms with E-state index in [1.807, 2.05) is 25.1 Å². The van der Waals surface area contributed by atoms with Crippen LogP contribution in [0.5, 0.6) is 0 Å². The minimum absolute atomic E-state index is 0.0641. The Morgan fingerprint density at radius 3 is 2.55 bits per heavy atom. The summed E-state index contributed by atoms with van der Waals surface area (Å²) in [6.45, 7) is 1.99. The fraction of sp³-hybridized carbons (Fsp3) is 0.250. The van der Waals surface area contributed by atoms with Gasteiger partial charge in [-0.05, 0) is 54.7 Å². The standard InChI is InChI=1S/C16H18BrFN2/c1-11-6-7-14(18)8-13(11)10-15(20-19)9-12-4-2-3-5-16(12)17/h2-8,15,20H,9-10,19H2,1H3. The Balaban J connectivity index is 2.13. The zero-order valence-corrected chi connectivity index (χ0v) is 13.0. The van der Waals surface area contributed by atoms with Crippen LogP contribution in [-0.2, 0) is 12.8 Å². The Morgan fingerprint density at radius 1 is 1.15 bits per heavy atom. The van der Waals surface area contributed by atoms with Crippen molar-refractivity contribution in [1.82, 2.24) is 5.43 Å². The minimum Gasteiger partial charge on any atom is -0.271 e. The van der Waals surface area contributed by atoms with Gasteiger partial charge < -0.3 is 0 Å². The van der Waals surface area contributed by atoms with Crippen LogP contribution in [0, 0.1) is 12.7 Å². The summed E-state index contributed by atoms with van der Waals surface area (Å²) in [5, 5.41) is 0. The number of hydrogen-bond donors (Lipinski definition) is 2. The number of hydrazine groups is 1. The molecule has 2 rings (SSSR count). The molecule has 1 atom stereocenters. The number of nitrogens with two attached hydrogens (primary N) is 1. The average molecular weight is 337 g/mol. The summed E-state index contributed by atoms with van der Waals surface area (Å²) in [7, 11) is 0. The molecule has 0 aromatic heterocycles. The maximum absolute atomic E-state index is 13.3. The highest BCUT2D eigenvalue weighted by Gasteiger charge is 2.12. The molecule has 106 valence electrons. The quantitative estimate of drug-likeness (QED) is 0.647. The molecule has 0 aliphatic carbocycles. The van der Waals surface area contributed by atoms with Gasteiger partial charge in [0, 0.05) is 10.5 Å². The molecule has 0 aliphatic heterocycles. The van der Waals surface area contributed by atoms with Crippen molar-refractivity contribution in [2.45, 2.75) is 25.8 Å². The van der Waals surface area contributed by atoms with Gasteiger partial charge in [0.05, 0.1) is 0 Å². The lowest BCUT2D eigenvalue weighted by molar-refractivity contribution is 0.519. The summed E-state index contributed by atoms with van der Waals surface area (Å²) < 4.78 is 14.4. The summed E-state index contributed by atoms with van der Waals surface area (Å²) in [6.07, 6.45) is 1.48. The molecule has 3 N–H and O–H groups in total. The van der Waals surface area contributed by atoms with Gasteiger partial charge in [-0.1, -0.05) is 40.2 Å². The van der Waals surface area contributed by atoms with Crippen LogP contribution in [0.15, 0.2) is 46.9 Å². The van der Waals surface area contributed by atoms with Crippen molar-refractivity contribution in [3.05, 3.63) is 69.4 Å². The van der Waals surface area contributed by atoms with Crippen molar-refractivity contribution in [3.63, 3.8) is 0 Å². The first kappa shape index (κ1) is 15.2. The molecular weight excluding hydrogens is 319 g/mol. The Labute approximate surface area is 127 Å². The van der Waals surface area contributed by atoms with Crippen LogP contribution in [0.4, 0.5) is 4.39 Å². The predicted molar refractivity (Wildman–Crippen MR) is 83.8 cm³/mol. The van der Waals surface area contributed by atoms with Crippen LogP contribution in [-0.4, -0.2) is 6.04 Å². The number of rotatable bonds is 5. The van der Waals surface area contributed by atoms with Crippen LogP contribution >= 0.6 is 15.9 Å². The van der Waals surface area contributed by atoms with Gasteiger partial charge in [0.25, 0.3) is 0 Å². The van der Waals surface area contributed by atoms with E-state index in [4.69, 9.17) is 5.84 Å². The molecule has 0 spiro atoms. The molecule has 4 heteroatoms. The summed E-state index contributed by atoms with van der Waals surface area (Å²) in [6, 6.07) is 13.0. The molecule has 0 aliphatic rings. The molecule has 0 amide bonds. The van der Waals surface area contributed by atoms with E-state index in [0.717, 1.165) is 22.0 Å². The van der Waals surface area contributed by atoms with Crippen LogP contribution in [0.3, 0.4) is 0 Å². The van der Waals surface area contributed by atoms with E-state index < -0.39 is 0 Å². The highest BCUT2D eigenvalue weighted by atomic mass is 79.9. The van der Waals surface area contributed by atoms with Gasteiger partial charge in [0.1, 0.15) is 5.82 Å². The van der Waals surface area contributed by atoms with E-state index in [9.17, 15) is 4.39 Å². The lowest BCUT2D eigenvalue weighted by Gasteiger charge is -2.18. The lowest BCUT2D eigenvalue weighted by Crippen LogP contribution is -2.38. The highest BCUT2D eigenvalue weighted by Crippen LogP contribution is 2.19. The first-order valence-electron chi connectivity index (χ1n) is 6.54. The second-order valence-corrected chi connectivity index (χ2v) is 5.79. The van der Waals surface area contributed by atoms with Crippen molar-refractivity contribution in [2.75, 3.05) is 0 Å².